The molecule has 0 bridgehead atoms. The van der Waals surface area contributed by atoms with Crippen LogP contribution >= 0.6 is 22.9 Å². The van der Waals surface area contributed by atoms with Crippen molar-refractivity contribution in [1.29, 1.82) is 0 Å². The van der Waals surface area contributed by atoms with Crippen molar-refractivity contribution in [2.24, 2.45) is 5.92 Å². The highest BCUT2D eigenvalue weighted by atomic mass is 35.5. The molecule has 24 heavy (non-hydrogen) atoms. The Morgan fingerprint density at radius 3 is 2.96 bits per heavy atom. The molecule has 1 aliphatic rings. The van der Waals surface area contributed by atoms with Crippen molar-refractivity contribution in [2.45, 2.75) is 12.8 Å². The summed E-state index contributed by atoms with van der Waals surface area (Å²) < 4.78 is 13.1. The first-order chi connectivity index (χ1) is 11.5. The summed E-state index contributed by atoms with van der Waals surface area (Å²) in [6.07, 6.45) is 1.39. The Morgan fingerprint density at radius 2 is 2.25 bits per heavy atom. The molecule has 1 N–H and O–H groups in total. The standard InChI is InChI=1S/C15H14ClFN4O2S/c16-12-6-10(17)3-4-11(12)14(23)21-5-1-2-9(7-21)13(22)19-15-20-18-8-24-15/h3-4,6,8-9H,1-2,5,7H2,(H,19,20,22)/t9-/m0/s1. The van der Waals surface area contributed by atoms with Crippen molar-refractivity contribution in [3.05, 3.63) is 40.1 Å². The molecule has 126 valence electrons. The van der Waals surface area contributed by atoms with Gasteiger partial charge in [0.05, 0.1) is 16.5 Å². The van der Waals surface area contributed by atoms with Crippen LogP contribution in [-0.2, 0) is 4.79 Å². The number of hydrogen-bond acceptors (Lipinski definition) is 5. The zero-order valence-electron chi connectivity index (χ0n) is 12.5. The van der Waals surface area contributed by atoms with E-state index in [1.165, 1.54) is 29.0 Å². The van der Waals surface area contributed by atoms with Crippen LogP contribution in [0.5, 0.6) is 0 Å². The van der Waals surface area contributed by atoms with Crippen LogP contribution in [0.2, 0.25) is 5.02 Å². The summed E-state index contributed by atoms with van der Waals surface area (Å²) in [5.41, 5.74) is 1.77. The van der Waals surface area contributed by atoms with E-state index in [1.54, 1.807) is 4.90 Å². The van der Waals surface area contributed by atoms with Gasteiger partial charge in [-0.2, -0.15) is 0 Å². The number of anilines is 1. The van der Waals surface area contributed by atoms with Gasteiger partial charge in [0.2, 0.25) is 11.0 Å². The fourth-order valence-corrected chi connectivity index (χ4v) is 3.34. The first kappa shape index (κ1) is 16.8. The summed E-state index contributed by atoms with van der Waals surface area (Å²) in [5, 5.41) is 10.6. The lowest BCUT2D eigenvalue weighted by Gasteiger charge is -2.32. The monoisotopic (exact) mass is 368 g/mol. The second-order valence-electron chi connectivity index (χ2n) is 5.45. The summed E-state index contributed by atoms with van der Waals surface area (Å²) >= 11 is 7.19. The Balaban J connectivity index is 1.68. The highest BCUT2D eigenvalue weighted by molar-refractivity contribution is 7.13. The summed E-state index contributed by atoms with van der Waals surface area (Å²) in [6, 6.07) is 3.67. The maximum absolute atomic E-state index is 13.1. The molecule has 1 aromatic carbocycles. The number of carbonyl (C=O) groups is 2. The number of amides is 2. The number of hydrogen-bond donors (Lipinski definition) is 1. The van der Waals surface area contributed by atoms with Gasteiger partial charge in [-0.1, -0.05) is 22.9 Å². The molecule has 0 radical (unpaired) electrons. The molecule has 1 saturated heterocycles. The van der Waals surface area contributed by atoms with E-state index < -0.39 is 5.82 Å². The van der Waals surface area contributed by atoms with Gasteiger partial charge in [0, 0.05) is 13.1 Å². The minimum absolute atomic E-state index is 0.0698. The van der Waals surface area contributed by atoms with Crippen molar-refractivity contribution < 1.29 is 14.0 Å². The minimum atomic E-state index is -0.496. The molecular weight excluding hydrogens is 355 g/mol. The SMILES string of the molecule is O=C(Nc1nncs1)[C@H]1CCCN(C(=O)c2ccc(F)cc2Cl)C1. The van der Waals surface area contributed by atoms with E-state index in [9.17, 15) is 14.0 Å². The molecule has 0 spiro atoms. The lowest BCUT2D eigenvalue weighted by molar-refractivity contribution is -0.121. The minimum Gasteiger partial charge on any atom is -0.338 e. The van der Waals surface area contributed by atoms with Gasteiger partial charge in [0.1, 0.15) is 11.3 Å². The maximum atomic E-state index is 13.1. The summed E-state index contributed by atoms with van der Waals surface area (Å²) in [7, 11) is 0. The molecule has 3 rings (SSSR count). The second-order valence-corrected chi connectivity index (χ2v) is 6.69. The zero-order valence-corrected chi connectivity index (χ0v) is 14.1. The first-order valence-corrected chi connectivity index (χ1v) is 8.61. The average Bonchev–Trinajstić information content (AvgIpc) is 3.07. The smallest absolute Gasteiger partial charge is 0.255 e. The van der Waals surface area contributed by atoms with Gasteiger partial charge in [-0.15, -0.1) is 10.2 Å². The van der Waals surface area contributed by atoms with Gasteiger partial charge in [-0.3, -0.25) is 9.59 Å². The highest BCUT2D eigenvalue weighted by Crippen LogP contribution is 2.24. The maximum Gasteiger partial charge on any atom is 0.255 e. The molecule has 2 aromatic rings. The van der Waals surface area contributed by atoms with Crippen LogP contribution in [0.25, 0.3) is 0 Å². The molecule has 9 heteroatoms. The van der Waals surface area contributed by atoms with Crippen molar-refractivity contribution >= 4 is 39.9 Å². The molecular formula is C15H14ClFN4O2S. The van der Waals surface area contributed by atoms with E-state index in [-0.39, 0.29) is 34.9 Å². The molecule has 0 unspecified atom stereocenters. The van der Waals surface area contributed by atoms with Crippen LogP contribution in [0.15, 0.2) is 23.7 Å². The van der Waals surface area contributed by atoms with Crippen LogP contribution in [0, 0.1) is 11.7 Å². The Labute approximate surface area is 146 Å². The molecule has 1 fully saturated rings. The number of nitrogens with one attached hydrogen (secondary N) is 1. The number of halogens is 2. The van der Waals surface area contributed by atoms with E-state index in [1.807, 2.05) is 0 Å². The highest BCUT2D eigenvalue weighted by Gasteiger charge is 2.30. The summed E-state index contributed by atoms with van der Waals surface area (Å²) in [6.45, 7) is 0.826. The number of benzene rings is 1. The van der Waals surface area contributed by atoms with Gasteiger partial charge in [-0.05, 0) is 31.0 Å². The molecule has 6 nitrogen and oxygen atoms in total. The van der Waals surface area contributed by atoms with E-state index in [4.69, 9.17) is 11.6 Å². The van der Waals surface area contributed by atoms with Crippen LogP contribution in [0.4, 0.5) is 9.52 Å². The molecule has 1 atom stereocenters. The van der Waals surface area contributed by atoms with Gasteiger partial charge < -0.3 is 10.2 Å². The lowest BCUT2D eigenvalue weighted by Crippen LogP contribution is -2.43. The molecule has 1 aromatic heterocycles. The van der Waals surface area contributed by atoms with Crippen molar-refractivity contribution in [3.63, 3.8) is 0 Å². The van der Waals surface area contributed by atoms with E-state index in [0.29, 0.717) is 24.5 Å². The van der Waals surface area contributed by atoms with E-state index in [0.717, 1.165) is 6.07 Å². The number of rotatable bonds is 3. The third-order valence-electron chi connectivity index (χ3n) is 3.83. The number of piperidine rings is 1. The number of carbonyl (C=O) groups excluding carboxylic acids is 2. The predicted octanol–water partition coefficient (Wildman–Crippen LogP) is 2.82. The largest absolute Gasteiger partial charge is 0.338 e. The Hall–Kier alpha value is -2.06. The number of aromatic nitrogens is 2. The molecule has 0 aliphatic carbocycles. The van der Waals surface area contributed by atoms with Gasteiger partial charge in [0.25, 0.3) is 5.91 Å². The summed E-state index contributed by atoms with van der Waals surface area (Å²) in [4.78, 5) is 26.5. The van der Waals surface area contributed by atoms with E-state index in [2.05, 4.69) is 15.5 Å². The number of likely N-dealkylation sites (tertiary alicyclic amines) is 1. The van der Waals surface area contributed by atoms with Crippen molar-refractivity contribution in [2.75, 3.05) is 18.4 Å². The zero-order chi connectivity index (χ0) is 17.1. The third-order valence-corrected chi connectivity index (χ3v) is 4.75. The Kier molecular flexibility index (Phi) is 5.06. The van der Waals surface area contributed by atoms with Crippen LogP contribution in [-0.4, -0.2) is 40.0 Å². The van der Waals surface area contributed by atoms with Gasteiger partial charge in [-0.25, -0.2) is 4.39 Å². The molecule has 1 aliphatic heterocycles. The summed E-state index contributed by atoms with van der Waals surface area (Å²) in [5.74, 6) is -1.31. The Morgan fingerprint density at radius 1 is 1.42 bits per heavy atom. The van der Waals surface area contributed by atoms with Crippen LogP contribution in [0.1, 0.15) is 23.2 Å². The van der Waals surface area contributed by atoms with Crippen molar-refractivity contribution in [3.8, 4) is 0 Å². The molecule has 2 amide bonds. The molecule has 0 saturated carbocycles. The van der Waals surface area contributed by atoms with Gasteiger partial charge in [0.15, 0.2) is 0 Å². The predicted molar refractivity (Wildman–Crippen MR) is 88.6 cm³/mol. The molecule has 2 heterocycles. The normalized spacial score (nSPS) is 17.6. The fourth-order valence-electron chi connectivity index (χ4n) is 2.64. The average molecular weight is 369 g/mol. The fraction of sp³-hybridized carbons (Fsp3) is 0.333. The topological polar surface area (TPSA) is 75.2 Å². The number of nitrogens with zero attached hydrogens (tertiary/aromatic N) is 3. The van der Waals surface area contributed by atoms with Crippen LogP contribution in [0.3, 0.4) is 0 Å². The lowest BCUT2D eigenvalue weighted by atomic mass is 9.96. The third kappa shape index (κ3) is 3.70. The first-order valence-electron chi connectivity index (χ1n) is 7.36. The quantitative estimate of drug-likeness (QED) is 0.903. The van der Waals surface area contributed by atoms with Crippen LogP contribution < -0.4 is 5.32 Å². The van der Waals surface area contributed by atoms with E-state index >= 15 is 0 Å². The second kappa shape index (κ2) is 7.23. The Bertz CT molecular complexity index is 756. The van der Waals surface area contributed by atoms with Gasteiger partial charge >= 0.3 is 0 Å². The van der Waals surface area contributed by atoms with Crippen molar-refractivity contribution in [1.82, 2.24) is 15.1 Å².